The summed E-state index contributed by atoms with van der Waals surface area (Å²) in [5, 5.41) is 15.0. The van der Waals surface area contributed by atoms with E-state index in [1.807, 2.05) is 0 Å². The Morgan fingerprint density at radius 3 is 2.36 bits per heavy atom. The smallest absolute Gasteiger partial charge is 0.238 e. The van der Waals surface area contributed by atoms with Crippen molar-refractivity contribution in [2.45, 2.75) is 17.7 Å². The van der Waals surface area contributed by atoms with E-state index in [0.29, 0.717) is 5.56 Å². The Balaban J connectivity index is 2.47. The van der Waals surface area contributed by atoms with E-state index in [4.69, 9.17) is 9.88 Å². The van der Waals surface area contributed by atoms with Crippen molar-refractivity contribution in [2.24, 2.45) is 10.6 Å². The third-order valence-electron chi connectivity index (χ3n) is 3.73. The number of carbonyl (C=O) groups excluding carboxylic acids is 1. The molecule has 7 heteroatoms. The van der Waals surface area contributed by atoms with Crippen LogP contribution in [0.1, 0.15) is 18.4 Å². The zero-order valence-electron chi connectivity index (χ0n) is 12.2. The summed E-state index contributed by atoms with van der Waals surface area (Å²) in [6, 6.07) is 5.88. The molecule has 1 aliphatic carbocycles. The number of allylic oxidation sites excluding steroid dienone is 2. The van der Waals surface area contributed by atoms with Crippen molar-refractivity contribution in [1.82, 2.24) is 0 Å². The molecular formula is C15H17NO5S. The predicted molar refractivity (Wildman–Crippen MR) is 80.5 cm³/mol. The number of aliphatic hydroxyl groups is 1. The summed E-state index contributed by atoms with van der Waals surface area (Å²) in [6.45, 7) is 1.71. The van der Waals surface area contributed by atoms with Gasteiger partial charge in [-0.05, 0) is 36.8 Å². The average molecular weight is 323 g/mol. The maximum atomic E-state index is 11.5. The fraction of sp³-hybridized carbons (Fsp3) is 0.267. The monoisotopic (exact) mass is 323 g/mol. The molecule has 0 aromatic heterocycles. The molecule has 118 valence electrons. The van der Waals surface area contributed by atoms with Crippen molar-refractivity contribution in [1.29, 1.82) is 0 Å². The zero-order chi connectivity index (χ0) is 16.5. The third kappa shape index (κ3) is 2.90. The van der Waals surface area contributed by atoms with Gasteiger partial charge in [0.15, 0.2) is 11.5 Å². The SMILES string of the molecule is COC1=CC(C)(C=O)C(c2ccc(S(N)(=O)=O)cc2)C=C1O. The first-order valence-electron chi connectivity index (χ1n) is 6.48. The van der Waals surface area contributed by atoms with Crippen LogP contribution in [0.3, 0.4) is 0 Å². The van der Waals surface area contributed by atoms with Crippen molar-refractivity contribution in [3.63, 3.8) is 0 Å². The maximum Gasteiger partial charge on any atom is 0.238 e. The average Bonchev–Trinajstić information content (AvgIpc) is 2.48. The molecule has 2 atom stereocenters. The van der Waals surface area contributed by atoms with Crippen LogP contribution < -0.4 is 5.14 Å². The first kappa shape index (κ1) is 16.3. The van der Waals surface area contributed by atoms with Gasteiger partial charge in [0.05, 0.1) is 17.4 Å². The maximum absolute atomic E-state index is 11.5. The van der Waals surface area contributed by atoms with Crippen molar-refractivity contribution < 1.29 is 23.1 Å². The minimum Gasteiger partial charge on any atom is -0.504 e. The number of nitrogens with two attached hydrogens (primary N) is 1. The van der Waals surface area contributed by atoms with E-state index in [1.165, 1.54) is 25.3 Å². The van der Waals surface area contributed by atoms with E-state index in [2.05, 4.69) is 0 Å². The Morgan fingerprint density at radius 2 is 1.91 bits per heavy atom. The van der Waals surface area contributed by atoms with Gasteiger partial charge in [-0.2, -0.15) is 0 Å². The topological polar surface area (TPSA) is 107 Å². The normalized spacial score (nSPS) is 25.1. The summed E-state index contributed by atoms with van der Waals surface area (Å²) >= 11 is 0. The Bertz CT molecular complexity index is 749. The van der Waals surface area contributed by atoms with E-state index in [9.17, 15) is 18.3 Å². The van der Waals surface area contributed by atoms with Gasteiger partial charge in [-0.15, -0.1) is 0 Å². The van der Waals surface area contributed by atoms with Gasteiger partial charge in [-0.25, -0.2) is 13.6 Å². The molecule has 1 aromatic carbocycles. The molecule has 0 radical (unpaired) electrons. The highest BCUT2D eigenvalue weighted by atomic mass is 32.2. The van der Waals surface area contributed by atoms with E-state index in [-0.39, 0.29) is 16.4 Å². The largest absolute Gasteiger partial charge is 0.504 e. The lowest BCUT2D eigenvalue weighted by Crippen LogP contribution is -2.28. The van der Waals surface area contributed by atoms with Gasteiger partial charge in [0, 0.05) is 5.92 Å². The van der Waals surface area contributed by atoms with Gasteiger partial charge in [-0.1, -0.05) is 12.1 Å². The summed E-state index contributed by atoms with van der Waals surface area (Å²) in [6.07, 6.45) is 3.83. The standard InChI is InChI=1S/C15H17NO5S/c1-15(9-17)8-14(21-2)13(18)7-12(15)10-3-5-11(6-4-10)22(16,19)20/h3-9,12,18H,1-2H3,(H2,16,19,20). The number of hydrogen-bond acceptors (Lipinski definition) is 5. The molecule has 1 aromatic rings. The molecule has 0 spiro atoms. The van der Waals surface area contributed by atoms with Crippen LogP contribution in [-0.2, 0) is 19.6 Å². The number of sulfonamides is 1. The first-order chi connectivity index (χ1) is 10.2. The number of aliphatic hydroxyl groups excluding tert-OH is 1. The quantitative estimate of drug-likeness (QED) is 0.819. The molecule has 6 nitrogen and oxygen atoms in total. The van der Waals surface area contributed by atoms with Crippen LogP contribution in [0.25, 0.3) is 0 Å². The van der Waals surface area contributed by atoms with Crippen LogP contribution in [0.15, 0.2) is 52.8 Å². The zero-order valence-corrected chi connectivity index (χ0v) is 13.0. The Hall–Kier alpha value is -2.12. The molecule has 0 fully saturated rings. The van der Waals surface area contributed by atoms with E-state index in [1.54, 1.807) is 25.1 Å². The summed E-state index contributed by atoms with van der Waals surface area (Å²) < 4.78 is 27.6. The van der Waals surface area contributed by atoms with Crippen molar-refractivity contribution >= 4 is 16.3 Å². The molecule has 3 N–H and O–H groups in total. The van der Waals surface area contributed by atoms with Crippen LogP contribution in [0.4, 0.5) is 0 Å². The minimum atomic E-state index is -3.77. The Labute approximate surface area is 129 Å². The van der Waals surface area contributed by atoms with Gasteiger partial charge in [0.25, 0.3) is 0 Å². The number of ether oxygens (including phenoxy) is 1. The molecule has 22 heavy (non-hydrogen) atoms. The second-order valence-electron chi connectivity index (χ2n) is 5.34. The second kappa shape index (κ2) is 5.58. The predicted octanol–water partition coefficient (Wildman–Crippen LogP) is 1.61. The summed E-state index contributed by atoms with van der Waals surface area (Å²) in [4.78, 5) is 11.5. The first-order valence-corrected chi connectivity index (χ1v) is 8.03. The second-order valence-corrected chi connectivity index (χ2v) is 6.90. The molecule has 0 amide bonds. The van der Waals surface area contributed by atoms with E-state index < -0.39 is 21.4 Å². The van der Waals surface area contributed by atoms with Crippen molar-refractivity contribution in [3.8, 4) is 0 Å². The molecule has 0 saturated carbocycles. The highest BCUT2D eigenvalue weighted by Crippen LogP contribution is 2.42. The third-order valence-corrected chi connectivity index (χ3v) is 4.66. The summed E-state index contributed by atoms with van der Waals surface area (Å²) in [7, 11) is -2.37. The minimum absolute atomic E-state index is 0.0128. The van der Waals surface area contributed by atoms with E-state index in [0.717, 1.165) is 6.29 Å². The Kier molecular flexibility index (Phi) is 4.12. The molecule has 2 unspecified atom stereocenters. The Morgan fingerprint density at radius 1 is 1.32 bits per heavy atom. The molecule has 0 saturated heterocycles. The fourth-order valence-corrected chi connectivity index (χ4v) is 2.97. The molecule has 0 bridgehead atoms. The van der Waals surface area contributed by atoms with Gasteiger partial charge in [-0.3, -0.25) is 0 Å². The number of methoxy groups -OCH3 is 1. The van der Waals surface area contributed by atoms with Crippen LogP contribution in [-0.4, -0.2) is 26.9 Å². The van der Waals surface area contributed by atoms with Crippen LogP contribution in [0.2, 0.25) is 0 Å². The van der Waals surface area contributed by atoms with E-state index >= 15 is 0 Å². The van der Waals surface area contributed by atoms with Gasteiger partial charge in [0.2, 0.25) is 10.0 Å². The number of carbonyl (C=O) groups is 1. The molecule has 0 aliphatic heterocycles. The number of rotatable bonds is 4. The van der Waals surface area contributed by atoms with Crippen molar-refractivity contribution in [3.05, 3.63) is 53.5 Å². The fourth-order valence-electron chi connectivity index (χ4n) is 2.46. The number of benzene rings is 1. The summed E-state index contributed by atoms with van der Waals surface area (Å²) in [5.41, 5.74) is -0.235. The number of aldehydes is 1. The lowest BCUT2D eigenvalue weighted by Gasteiger charge is -2.32. The molecule has 1 aliphatic rings. The molecule has 0 heterocycles. The highest BCUT2D eigenvalue weighted by molar-refractivity contribution is 7.89. The number of hydrogen-bond donors (Lipinski definition) is 2. The van der Waals surface area contributed by atoms with Gasteiger partial charge < -0.3 is 14.6 Å². The highest BCUT2D eigenvalue weighted by Gasteiger charge is 2.37. The van der Waals surface area contributed by atoms with Gasteiger partial charge in [0.1, 0.15) is 6.29 Å². The molecular weight excluding hydrogens is 306 g/mol. The molecule has 2 rings (SSSR count). The number of primary sulfonamides is 1. The van der Waals surface area contributed by atoms with Crippen LogP contribution >= 0.6 is 0 Å². The summed E-state index contributed by atoms with van der Waals surface area (Å²) in [5.74, 6) is -0.284. The lowest BCUT2D eigenvalue weighted by atomic mass is 9.71. The lowest BCUT2D eigenvalue weighted by molar-refractivity contribution is -0.114. The van der Waals surface area contributed by atoms with Crippen LogP contribution in [0.5, 0.6) is 0 Å². The van der Waals surface area contributed by atoms with Crippen molar-refractivity contribution in [2.75, 3.05) is 7.11 Å². The van der Waals surface area contributed by atoms with Gasteiger partial charge >= 0.3 is 0 Å². The van der Waals surface area contributed by atoms with Crippen LogP contribution in [0, 0.1) is 5.41 Å².